The zero-order chi connectivity index (χ0) is 14.5. The van der Waals surface area contributed by atoms with Crippen molar-refractivity contribution < 1.29 is 13.9 Å². The highest BCUT2D eigenvalue weighted by molar-refractivity contribution is 6.30. The molecule has 0 fully saturated rings. The van der Waals surface area contributed by atoms with Gasteiger partial charge in [0.05, 0.1) is 5.69 Å². The van der Waals surface area contributed by atoms with Crippen molar-refractivity contribution in [1.82, 2.24) is 0 Å². The Hall–Kier alpha value is -2.27. The summed E-state index contributed by atoms with van der Waals surface area (Å²) in [7, 11) is 0. The Bertz CT molecular complexity index is 614. The molecular weight excluding hydrogens is 283 g/mol. The SMILES string of the molecule is Nc1cccc(F)c1OCC(=O)Nc1cccc(Cl)c1. The van der Waals surface area contributed by atoms with Gasteiger partial charge in [-0.05, 0) is 30.3 Å². The molecule has 104 valence electrons. The second-order valence-corrected chi connectivity index (χ2v) is 4.44. The molecule has 20 heavy (non-hydrogen) atoms. The van der Waals surface area contributed by atoms with Crippen LogP contribution in [0.2, 0.25) is 5.02 Å². The quantitative estimate of drug-likeness (QED) is 0.852. The average molecular weight is 295 g/mol. The van der Waals surface area contributed by atoms with Crippen molar-refractivity contribution in [2.24, 2.45) is 0 Å². The summed E-state index contributed by atoms with van der Waals surface area (Å²) in [4.78, 5) is 11.7. The number of ether oxygens (including phenoxy) is 1. The van der Waals surface area contributed by atoms with Crippen LogP contribution in [-0.2, 0) is 4.79 Å². The lowest BCUT2D eigenvalue weighted by atomic mass is 10.3. The van der Waals surface area contributed by atoms with Gasteiger partial charge in [-0.1, -0.05) is 23.7 Å². The normalized spacial score (nSPS) is 10.1. The summed E-state index contributed by atoms with van der Waals surface area (Å²) in [6, 6.07) is 10.8. The second-order valence-electron chi connectivity index (χ2n) is 4.01. The first-order chi connectivity index (χ1) is 9.56. The lowest BCUT2D eigenvalue weighted by Crippen LogP contribution is -2.20. The molecule has 0 radical (unpaired) electrons. The second kappa shape index (κ2) is 6.25. The molecule has 4 nitrogen and oxygen atoms in total. The van der Waals surface area contributed by atoms with Gasteiger partial charge >= 0.3 is 0 Å². The summed E-state index contributed by atoms with van der Waals surface area (Å²) in [5.74, 6) is -1.18. The number of hydrogen-bond acceptors (Lipinski definition) is 3. The molecule has 0 saturated carbocycles. The van der Waals surface area contributed by atoms with Gasteiger partial charge in [-0.25, -0.2) is 4.39 Å². The van der Waals surface area contributed by atoms with Crippen LogP contribution in [0.5, 0.6) is 5.75 Å². The molecule has 6 heteroatoms. The first kappa shape index (κ1) is 14.1. The molecule has 0 aliphatic rings. The average Bonchev–Trinajstić information content (AvgIpc) is 2.38. The van der Waals surface area contributed by atoms with E-state index in [1.54, 1.807) is 24.3 Å². The van der Waals surface area contributed by atoms with Crippen molar-refractivity contribution in [1.29, 1.82) is 0 Å². The van der Waals surface area contributed by atoms with Gasteiger partial charge in [0, 0.05) is 10.7 Å². The summed E-state index contributed by atoms with van der Waals surface area (Å²) in [6.45, 7) is -0.350. The third-order valence-electron chi connectivity index (χ3n) is 2.45. The summed E-state index contributed by atoms with van der Waals surface area (Å²) in [5, 5.41) is 3.08. The van der Waals surface area contributed by atoms with E-state index in [1.807, 2.05) is 0 Å². The zero-order valence-corrected chi connectivity index (χ0v) is 11.2. The van der Waals surface area contributed by atoms with Crippen molar-refractivity contribution in [2.45, 2.75) is 0 Å². The van der Waals surface area contributed by atoms with E-state index < -0.39 is 11.7 Å². The van der Waals surface area contributed by atoms with E-state index in [0.717, 1.165) is 0 Å². The Morgan fingerprint density at radius 1 is 1.30 bits per heavy atom. The molecular formula is C14H12ClFN2O2. The minimum atomic E-state index is -0.611. The van der Waals surface area contributed by atoms with Crippen LogP contribution in [0.15, 0.2) is 42.5 Å². The zero-order valence-electron chi connectivity index (χ0n) is 10.4. The first-order valence-electron chi connectivity index (χ1n) is 5.78. The van der Waals surface area contributed by atoms with Crippen LogP contribution in [0.1, 0.15) is 0 Å². The number of hydrogen-bond donors (Lipinski definition) is 2. The summed E-state index contributed by atoms with van der Waals surface area (Å²) < 4.78 is 18.5. The highest BCUT2D eigenvalue weighted by Crippen LogP contribution is 2.24. The topological polar surface area (TPSA) is 64.3 Å². The summed E-state index contributed by atoms with van der Waals surface area (Å²) in [5.41, 5.74) is 6.24. The number of amides is 1. The van der Waals surface area contributed by atoms with Gasteiger partial charge in [0.2, 0.25) is 0 Å². The monoisotopic (exact) mass is 294 g/mol. The van der Waals surface area contributed by atoms with Gasteiger partial charge in [-0.2, -0.15) is 0 Å². The molecule has 0 saturated heterocycles. The van der Waals surface area contributed by atoms with Gasteiger partial charge in [-0.3, -0.25) is 4.79 Å². The predicted octanol–water partition coefficient (Wildman–Crippen LogP) is 3.08. The van der Waals surface area contributed by atoms with Crippen molar-refractivity contribution in [3.63, 3.8) is 0 Å². The fourth-order valence-electron chi connectivity index (χ4n) is 1.58. The van der Waals surface area contributed by atoms with E-state index in [1.165, 1.54) is 18.2 Å². The van der Waals surface area contributed by atoms with Crippen molar-refractivity contribution in [3.05, 3.63) is 53.3 Å². The van der Waals surface area contributed by atoms with E-state index in [0.29, 0.717) is 10.7 Å². The third-order valence-corrected chi connectivity index (χ3v) is 2.69. The summed E-state index contributed by atoms with van der Waals surface area (Å²) >= 11 is 5.79. The molecule has 2 aromatic rings. The van der Waals surface area contributed by atoms with Crippen LogP contribution >= 0.6 is 11.6 Å². The van der Waals surface area contributed by atoms with E-state index in [-0.39, 0.29) is 18.0 Å². The van der Waals surface area contributed by atoms with Gasteiger partial charge < -0.3 is 15.8 Å². The molecule has 0 aliphatic heterocycles. The Morgan fingerprint density at radius 3 is 2.75 bits per heavy atom. The van der Waals surface area contributed by atoms with Crippen molar-refractivity contribution >= 4 is 28.9 Å². The maximum Gasteiger partial charge on any atom is 0.262 e. The molecule has 1 amide bonds. The largest absolute Gasteiger partial charge is 0.479 e. The number of nitrogens with two attached hydrogens (primary N) is 1. The van der Waals surface area contributed by atoms with E-state index in [2.05, 4.69) is 5.32 Å². The number of carbonyl (C=O) groups is 1. The number of nitrogens with one attached hydrogen (secondary N) is 1. The lowest BCUT2D eigenvalue weighted by Gasteiger charge is -2.10. The Morgan fingerprint density at radius 2 is 2.05 bits per heavy atom. The number of anilines is 2. The standard InChI is InChI=1S/C14H12ClFN2O2/c15-9-3-1-4-10(7-9)18-13(19)8-20-14-11(16)5-2-6-12(14)17/h1-7H,8,17H2,(H,18,19). The fraction of sp³-hybridized carbons (Fsp3) is 0.0714. The van der Waals surface area contributed by atoms with E-state index in [4.69, 9.17) is 22.1 Å². The molecule has 3 N–H and O–H groups in total. The highest BCUT2D eigenvalue weighted by Gasteiger charge is 2.10. The van der Waals surface area contributed by atoms with E-state index in [9.17, 15) is 9.18 Å². The first-order valence-corrected chi connectivity index (χ1v) is 6.16. The molecule has 0 atom stereocenters. The number of halogens is 2. The third kappa shape index (κ3) is 3.61. The predicted molar refractivity (Wildman–Crippen MR) is 76.4 cm³/mol. The number of rotatable bonds is 4. The molecule has 0 spiro atoms. The van der Waals surface area contributed by atoms with Crippen LogP contribution in [-0.4, -0.2) is 12.5 Å². The maximum absolute atomic E-state index is 13.4. The Kier molecular flexibility index (Phi) is 4.42. The smallest absolute Gasteiger partial charge is 0.262 e. The van der Waals surface area contributed by atoms with Gasteiger partial charge in [0.15, 0.2) is 18.2 Å². The van der Waals surface area contributed by atoms with Crippen LogP contribution in [0.25, 0.3) is 0 Å². The minimum absolute atomic E-state index is 0.131. The highest BCUT2D eigenvalue weighted by atomic mass is 35.5. The van der Waals surface area contributed by atoms with Gasteiger partial charge in [-0.15, -0.1) is 0 Å². The molecule has 0 bridgehead atoms. The van der Waals surface area contributed by atoms with Gasteiger partial charge in [0.25, 0.3) is 5.91 Å². The lowest BCUT2D eigenvalue weighted by molar-refractivity contribution is -0.118. The molecule has 0 heterocycles. The van der Waals surface area contributed by atoms with Crippen LogP contribution in [0.3, 0.4) is 0 Å². The van der Waals surface area contributed by atoms with Crippen LogP contribution in [0.4, 0.5) is 15.8 Å². The number of carbonyl (C=O) groups excluding carboxylic acids is 1. The Balaban J connectivity index is 1.96. The van der Waals surface area contributed by atoms with Crippen LogP contribution in [0, 0.1) is 5.82 Å². The van der Waals surface area contributed by atoms with E-state index >= 15 is 0 Å². The van der Waals surface area contributed by atoms with Crippen LogP contribution < -0.4 is 15.8 Å². The van der Waals surface area contributed by atoms with Gasteiger partial charge in [0.1, 0.15) is 0 Å². The minimum Gasteiger partial charge on any atom is -0.479 e. The molecule has 0 unspecified atom stereocenters. The van der Waals surface area contributed by atoms with Crippen molar-refractivity contribution in [2.75, 3.05) is 17.7 Å². The molecule has 0 aliphatic carbocycles. The molecule has 2 rings (SSSR count). The Labute approximate surface area is 120 Å². The molecule has 2 aromatic carbocycles. The van der Waals surface area contributed by atoms with Crippen molar-refractivity contribution in [3.8, 4) is 5.75 Å². The summed E-state index contributed by atoms with van der Waals surface area (Å²) in [6.07, 6.45) is 0. The number of nitrogen functional groups attached to an aromatic ring is 1. The fourth-order valence-corrected chi connectivity index (χ4v) is 1.77. The maximum atomic E-state index is 13.4. The number of benzene rings is 2. The number of para-hydroxylation sites is 1. The molecule has 0 aromatic heterocycles.